The average molecular weight is 257 g/mol. The number of ether oxygens (including phenoxy) is 1. The molecule has 0 fully saturated rings. The summed E-state index contributed by atoms with van der Waals surface area (Å²) in [4.78, 5) is 15.7. The van der Waals surface area contributed by atoms with Gasteiger partial charge in [-0.2, -0.15) is 0 Å². The number of aliphatic imine (C=N–C) groups is 1. The Labute approximate surface area is 110 Å². The van der Waals surface area contributed by atoms with Gasteiger partial charge in [-0.25, -0.2) is 0 Å². The molecule has 0 rings (SSSR count). The molecule has 0 bridgehead atoms. The van der Waals surface area contributed by atoms with Crippen molar-refractivity contribution >= 4 is 11.9 Å². The van der Waals surface area contributed by atoms with Crippen LogP contribution in [0.5, 0.6) is 0 Å². The highest BCUT2D eigenvalue weighted by atomic mass is 16.6. The molecule has 5 heteroatoms. The molecule has 106 valence electrons. The van der Waals surface area contributed by atoms with E-state index in [0.29, 0.717) is 6.54 Å². The third kappa shape index (κ3) is 7.92. The summed E-state index contributed by atoms with van der Waals surface area (Å²) in [6.07, 6.45) is 3.39. The highest BCUT2D eigenvalue weighted by molar-refractivity contribution is 5.75. The van der Waals surface area contributed by atoms with Crippen molar-refractivity contribution in [3.05, 3.63) is 0 Å². The largest absolute Gasteiger partial charge is 0.459 e. The second-order valence-electron chi connectivity index (χ2n) is 5.28. The second-order valence-corrected chi connectivity index (χ2v) is 5.28. The van der Waals surface area contributed by atoms with Crippen LogP contribution >= 0.6 is 0 Å². The van der Waals surface area contributed by atoms with Crippen LogP contribution < -0.4 is 11.5 Å². The van der Waals surface area contributed by atoms with Crippen molar-refractivity contribution in [1.82, 2.24) is 0 Å². The molecule has 0 radical (unpaired) electrons. The SMILES string of the molecule is CCCC(C)(C)OC(=O)C(C)CCCN=C(N)N. The maximum atomic E-state index is 11.9. The number of guanidine groups is 1. The van der Waals surface area contributed by atoms with Crippen molar-refractivity contribution in [3.63, 3.8) is 0 Å². The zero-order valence-electron chi connectivity index (χ0n) is 12.0. The Kier molecular flexibility index (Phi) is 7.39. The number of nitrogens with zero attached hydrogens (tertiary/aromatic N) is 1. The van der Waals surface area contributed by atoms with Gasteiger partial charge in [0, 0.05) is 6.54 Å². The number of carbonyl (C=O) groups excluding carboxylic acids is 1. The van der Waals surface area contributed by atoms with Gasteiger partial charge >= 0.3 is 5.97 Å². The van der Waals surface area contributed by atoms with Gasteiger partial charge in [0.1, 0.15) is 5.60 Å². The number of carbonyl (C=O) groups is 1. The van der Waals surface area contributed by atoms with Crippen LogP contribution in [0.2, 0.25) is 0 Å². The number of esters is 1. The van der Waals surface area contributed by atoms with E-state index in [0.717, 1.165) is 25.7 Å². The van der Waals surface area contributed by atoms with Crippen LogP contribution in [0.1, 0.15) is 53.4 Å². The molecule has 0 aromatic rings. The first kappa shape index (κ1) is 16.7. The van der Waals surface area contributed by atoms with Gasteiger partial charge < -0.3 is 16.2 Å². The van der Waals surface area contributed by atoms with Crippen molar-refractivity contribution in [2.45, 2.75) is 59.0 Å². The quantitative estimate of drug-likeness (QED) is 0.300. The standard InChI is InChI=1S/C13H27N3O2/c1-5-8-13(3,4)18-11(17)10(2)7-6-9-16-12(14)15/h10H,5-9H2,1-4H3,(H4,14,15,16). The molecule has 4 N–H and O–H groups in total. The van der Waals surface area contributed by atoms with E-state index in [2.05, 4.69) is 11.9 Å². The number of rotatable bonds is 8. The summed E-state index contributed by atoms with van der Waals surface area (Å²) in [5.74, 6) is -0.164. The topological polar surface area (TPSA) is 90.7 Å². The molecule has 0 spiro atoms. The molecule has 0 saturated heterocycles. The molecule has 0 aliphatic rings. The molecule has 0 heterocycles. The van der Waals surface area contributed by atoms with Crippen molar-refractivity contribution in [3.8, 4) is 0 Å². The second kappa shape index (κ2) is 7.95. The van der Waals surface area contributed by atoms with E-state index in [-0.39, 0.29) is 23.4 Å². The molecule has 0 saturated carbocycles. The lowest BCUT2D eigenvalue weighted by atomic mass is 10.0. The summed E-state index contributed by atoms with van der Waals surface area (Å²) in [6.45, 7) is 8.40. The molecule has 5 nitrogen and oxygen atoms in total. The predicted molar refractivity (Wildman–Crippen MR) is 74.2 cm³/mol. The van der Waals surface area contributed by atoms with Crippen molar-refractivity contribution < 1.29 is 9.53 Å². The fourth-order valence-corrected chi connectivity index (χ4v) is 1.75. The minimum absolute atomic E-state index is 0.0920. The molecule has 0 aliphatic heterocycles. The zero-order valence-corrected chi connectivity index (χ0v) is 12.0. The third-order valence-electron chi connectivity index (χ3n) is 2.72. The molecule has 0 aromatic heterocycles. The molecule has 0 amide bonds. The normalized spacial score (nSPS) is 12.9. The minimum Gasteiger partial charge on any atom is -0.459 e. The smallest absolute Gasteiger partial charge is 0.309 e. The maximum Gasteiger partial charge on any atom is 0.309 e. The van der Waals surface area contributed by atoms with Crippen LogP contribution in [-0.4, -0.2) is 24.1 Å². The zero-order chi connectivity index (χ0) is 14.2. The van der Waals surface area contributed by atoms with E-state index in [1.165, 1.54) is 0 Å². The Morgan fingerprint density at radius 1 is 1.39 bits per heavy atom. The van der Waals surface area contributed by atoms with Crippen LogP contribution in [0.15, 0.2) is 4.99 Å². The lowest BCUT2D eigenvalue weighted by Gasteiger charge is -2.26. The van der Waals surface area contributed by atoms with E-state index in [1.807, 2.05) is 20.8 Å². The van der Waals surface area contributed by atoms with Gasteiger partial charge in [0.25, 0.3) is 0 Å². The molecule has 1 atom stereocenters. The molecule has 18 heavy (non-hydrogen) atoms. The van der Waals surface area contributed by atoms with Gasteiger partial charge in [-0.15, -0.1) is 0 Å². The van der Waals surface area contributed by atoms with Gasteiger partial charge in [0.05, 0.1) is 5.92 Å². The Balaban J connectivity index is 4.00. The molecule has 0 aromatic carbocycles. The Bertz CT molecular complexity index is 284. The first-order valence-electron chi connectivity index (χ1n) is 6.56. The lowest BCUT2D eigenvalue weighted by molar-refractivity contribution is -0.161. The van der Waals surface area contributed by atoms with E-state index in [9.17, 15) is 4.79 Å². The highest BCUT2D eigenvalue weighted by Crippen LogP contribution is 2.20. The van der Waals surface area contributed by atoms with E-state index >= 15 is 0 Å². The third-order valence-corrected chi connectivity index (χ3v) is 2.72. The minimum atomic E-state index is -0.375. The molecule has 1 unspecified atom stereocenters. The van der Waals surface area contributed by atoms with Crippen LogP contribution in [0, 0.1) is 5.92 Å². The first-order valence-corrected chi connectivity index (χ1v) is 6.56. The van der Waals surface area contributed by atoms with Gasteiger partial charge in [-0.3, -0.25) is 9.79 Å². The molecule has 0 aliphatic carbocycles. The van der Waals surface area contributed by atoms with Crippen LogP contribution in [0.4, 0.5) is 0 Å². The maximum absolute atomic E-state index is 11.9. The Morgan fingerprint density at radius 3 is 2.50 bits per heavy atom. The van der Waals surface area contributed by atoms with Gasteiger partial charge in [0.2, 0.25) is 0 Å². The first-order chi connectivity index (χ1) is 8.28. The lowest BCUT2D eigenvalue weighted by Crippen LogP contribution is -2.30. The summed E-state index contributed by atoms with van der Waals surface area (Å²) in [7, 11) is 0. The van der Waals surface area contributed by atoms with Crippen molar-refractivity contribution in [2.75, 3.05) is 6.54 Å². The fourth-order valence-electron chi connectivity index (χ4n) is 1.75. The van der Waals surface area contributed by atoms with Gasteiger partial charge in [0.15, 0.2) is 5.96 Å². The van der Waals surface area contributed by atoms with E-state index in [4.69, 9.17) is 16.2 Å². The summed E-state index contributed by atoms with van der Waals surface area (Å²) in [6, 6.07) is 0. The van der Waals surface area contributed by atoms with Crippen LogP contribution in [0.3, 0.4) is 0 Å². The number of hydrogen-bond donors (Lipinski definition) is 2. The van der Waals surface area contributed by atoms with Crippen LogP contribution in [0.25, 0.3) is 0 Å². The predicted octanol–water partition coefficient (Wildman–Crippen LogP) is 1.80. The van der Waals surface area contributed by atoms with Crippen LogP contribution in [-0.2, 0) is 9.53 Å². The van der Waals surface area contributed by atoms with Crippen molar-refractivity contribution in [2.24, 2.45) is 22.4 Å². The molecular weight excluding hydrogens is 230 g/mol. The fraction of sp³-hybridized carbons (Fsp3) is 0.846. The summed E-state index contributed by atoms with van der Waals surface area (Å²) < 4.78 is 5.49. The van der Waals surface area contributed by atoms with Gasteiger partial charge in [-0.05, 0) is 33.1 Å². The molecular formula is C13H27N3O2. The van der Waals surface area contributed by atoms with Crippen molar-refractivity contribution in [1.29, 1.82) is 0 Å². The monoisotopic (exact) mass is 257 g/mol. The highest BCUT2D eigenvalue weighted by Gasteiger charge is 2.24. The summed E-state index contributed by atoms with van der Waals surface area (Å²) in [5, 5.41) is 0. The van der Waals surface area contributed by atoms with E-state index in [1.54, 1.807) is 0 Å². The Morgan fingerprint density at radius 2 is 2.00 bits per heavy atom. The Hall–Kier alpha value is -1.26. The summed E-state index contributed by atoms with van der Waals surface area (Å²) in [5.41, 5.74) is 10.1. The van der Waals surface area contributed by atoms with E-state index < -0.39 is 0 Å². The number of hydrogen-bond acceptors (Lipinski definition) is 3. The number of nitrogens with two attached hydrogens (primary N) is 2. The summed E-state index contributed by atoms with van der Waals surface area (Å²) >= 11 is 0. The van der Waals surface area contributed by atoms with Gasteiger partial charge in [-0.1, -0.05) is 20.3 Å². The average Bonchev–Trinajstić information content (AvgIpc) is 2.22.